The van der Waals surface area contributed by atoms with E-state index in [4.69, 9.17) is 4.74 Å². The van der Waals surface area contributed by atoms with E-state index in [1.807, 2.05) is 0 Å². The van der Waals surface area contributed by atoms with Crippen molar-refractivity contribution in [2.75, 3.05) is 13.2 Å². The van der Waals surface area contributed by atoms with E-state index in [2.05, 4.69) is 43.5 Å². The summed E-state index contributed by atoms with van der Waals surface area (Å²) in [7, 11) is 0. The highest BCUT2D eigenvalue weighted by Gasteiger charge is 2.20. The molecule has 0 aliphatic carbocycles. The molecule has 0 heterocycles. The van der Waals surface area contributed by atoms with Crippen LogP contribution in [0.15, 0.2) is 24.3 Å². The van der Waals surface area contributed by atoms with Crippen LogP contribution in [0.2, 0.25) is 0 Å². The predicted molar refractivity (Wildman–Crippen MR) is 343 cm³/mol. The molecule has 0 radical (unpaired) electrons. The van der Waals surface area contributed by atoms with Crippen molar-refractivity contribution >= 4 is 11.9 Å². The summed E-state index contributed by atoms with van der Waals surface area (Å²) in [6.45, 7) is 4.96. The second-order valence-corrected chi connectivity index (χ2v) is 24.6. The summed E-state index contributed by atoms with van der Waals surface area (Å²) < 4.78 is 5.49. The number of carbonyl (C=O) groups is 2. The number of aliphatic hydroxyl groups is 2. The summed E-state index contributed by atoms with van der Waals surface area (Å²) in [5.41, 5.74) is 0. The van der Waals surface area contributed by atoms with E-state index in [9.17, 15) is 19.8 Å². The van der Waals surface area contributed by atoms with Gasteiger partial charge in [-0.15, -0.1) is 0 Å². The molecule has 78 heavy (non-hydrogen) atoms. The molecule has 0 spiro atoms. The number of rotatable bonds is 67. The lowest BCUT2D eigenvalue weighted by Gasteiger charge is -2.22. The van der Waals surface area contributed by atoms with Gasteiger partial charge >= 0.3 is 5.97 Å². The highest BCUT2D eigenvalue weighted by molar-refractivity contribution is 5.76. The first-order valence-corrected chi connectivity index (χ1v) is 35.6. The Labute approximate surface area is 488 Å². The maximum Gasteiger partial charge on any atom is 0.305 e. The van der Waals surface area contributed by atoms with Crippen molar-refractivity contribution in [1.82, 2.24) is 5.32 Å². The number of ether oxygens (including phenoxy) is 1. The van der Waals surface area contributed by atoms with E-state index in [-0.39, 0.29) is 18.5 Å². The Hall–Kier alpha value is -1.66. The van der Waals surface area contributed by atoms with E-state index < -0.39 is 12.1 Å². The fourth-order valence-electron chi connectivity index (χ4n) is 11.3. The van der Waals surface area contributed by atoms with Crippen molar-refractivity contribution in [1.29, 1.82) is 0 Å². The third kappa shape index (κ3) is 63.5. The van der Waals surface area contributed by atoms with Crippen LogP contribution >= 0.6 is 0 Å². The van der Waals surface area contributed by atoms with Crippen LogP contribution < -0.4 is 5.32 Å². The van der Waals surface area contributed by atoms with Crippen LogP contribution in [-0.4, -0.2) is 47.4 Å². The topological polar surface area (TPSA) is 95.9 Å². The van der Waals surface area contributed by atoms with Gasteiger partial charge in [-0.25, -0.2) is 0 Å². The number of hydrogen-bond acceptors (Lipinski definition) is 5. The van der Waals surface area contributed by atoms with Crippen LogP contribution in [0.25, 0.3) is 0 Å². The molecule has 0 aliphatic rings. The molecule has 462 valence electrons. The predicted octanol–water partition coefficient (Wildman–Crippen LogP) is 22.9. The molecular formula is C72H139NO5. The molecule has 0 saturated heterocycles. The molecule has 3 N–H and O–H groups in total. The zero-order chi connectivity index (χ0) is 56.4. The summed E-state index contributed by atoms with van der Waals surface area (Å²) in [5.74, 6) is -0.0339. The molecular weight excluding hydrogens is 959 g/mol. The highest BCUT2D eigenvalue weighted by Crippen LogP contribution is 2.19. The largest absolute Gasteiger partial charge is 0.466 e. The molecule has 0 aromatic rings. The second-order valence-electron chi connectivity index (χ2n) is 24.6. The van der Waals surface area contributed by atoms with Crippen molar-refractivity contribution in [3.8, 4) is 0 Å². The van der Waals surface area contributed by atoms with Crippen LogP contribution in [-0.2, 0) is 14.3 Å². The van der Waals surface area contributed by atoms with Gasteiger partial charge in [0.05, 0.1) is 25.4 Å². The molecule has 6 heteroatoms. The minimum Gasteiger partial charge on any atom is -0.466 e. The van der Waals surface area contributed by atoms with Gasteiger partial charge in [0.1, 0.15) is 0 Å². The molecule has 2 unspecified atom stereocenters. The Bertz CT molecular complexity index is 1220. The monoisotopic (exact) mass is 1100 g/mol. The molecule has 1 amide bonds. The van der Waals surface area contributed by atoms with Crippen LogP contribution in [0.5, 0.6) is 0 Å². The number of allylic oxidation sites excluding steroid dienone is 4. The van der Waals surface area contributed by atoms with Crippen molar-refractivity contribution in [2.24, 2.45) is 0 Å². The summed E-state index contributed by atoms with van der Waals surface area (Å²) in [6, 6.07) is -0.545. The van der Waals surface area contributed by atoms with Crippen LogP contribution in [0.1, 0.15) is 399 Å². The van der Waals surface area contributed by atoms with Gasteiger partial charge in [-0.2, -0.15) is 0 Å². The lowest BCUT2D eigenvalue weighted by molar-refractivity contribution is -0.143. The number of nitrogens with one attached hydrogen (secondary N) is 1. The van der Waals surface area contributed by atoms with Crippen molar-refractivity contribution in [3.05, 3.63) is 24.3 Å². The quantitative estimate of drug-likeness (QED) is 0.0320. The van der Waals surface area contributed by atoms with Gasteiger partial charge in [0.15, 0.2) is 0 Å². The molecule has 0 bridgehead atoms. The zero-order valence-corrected chi connectivity index (χ0v) is 52.9. The van der Waals surface area contributed by atoms with Gasteiger partial charge < -0.3 is 20.3 Å². The molecule has 0 aromatic heterocycles. The summed E-state index contributed by atoms with van der Waals surface area (Å²) in [4.78, 5) is 24.6. The van der Waals surface area contributed by atoms with Gasteiger partial charge in [0.25, 0.3) is 0 Å². The van der Waals surface area contributed by atoms with Crippen LogP contribution in [0.4, 0.5) is 0 Å². The smallest absolute Gasteiger partial charge is 0.305 e. The number of esters is 1. The summed E-state index contributed by atoms with van der Waals surface area (Å²) in [5, 5.41) is 23.5. The second kappa shape index (κ2) is 67.8. The van der Waals surface area contributed by atoms with E-state index in [1.165, 1.54) is 315 Å². The molecule has 0 rings (SSSR count). The average molecular weight is 1100 g/mol. The fraction of sp³-hybridized carbons (Fsp3) is 0.917. The van der Waals surface area contributed by atoms with Gasteiger partial charge in [-0.1, -0.05) is 353 Å². The Kier molecular flexibility index (Phi) is 66.4. The van der Waals surface area contributed by atoms with Gasteiger partial charge in [-0.05, 0) is 57.8 Å². The van der Waals surface area contributed by atoms with Gasteiger partial charge in [0.2, 0.25) is 5.91 Å². The Morgan fingerprint density at radius 3 is 0.987 bits per heavy atom. The number of hydrogen-bond donors (Lipinski definition) is 3. The fourth-order valence-corrected chi connectivity index (χ4v) is 11.3. The third-order valence-electron chi connectivity index (χ3n) is 16.8. The maximum absolute atomic E-state index is 12.6. The minimum absolute atomic E-state index is 0.00168. The number of carbonyl (C=O) groups excluding carboxylic acids is 2. The molecule has 0 aliphatic heterocycles. The first-order chi connectivity index (χ1) is 38.5. The highest BCUT2D eigenvalue weighted by atomic mass is 16.5. The average Bonchev–Trinajstić information content (AvgIpc) is 3.44. The molecule has 0 fully saturated rings. The lowest BCUT2D eigenvalue weighted by atomic mass is 10.0. The Morgan fingerprint density at radius 1 is 0.359 bits per heavy atom. The number of aliphatic hydroxyl groups excluding tert-OH is 2. The summed E-state index contributed by atoms with van der Waals surface area (Å²) in [6.07, 6.45) is 85.0. The molecule has 6 nitrogen and oxygen atoms in total. The molecule has 0 saturated carbocycles. The van der Waals surface area contributed by atoms with E-state index in [0.717, 1.165) is 51.4 Å². The zero-order valence-electron chi connectivity index (χ0n) is 52.9. The van der Waals surface area contributed by atoms with Gasteiger partial charge in [0, 0.05) is 12.8 Å². The maximum atomic E-state index is 12.6. The summed E-state index contributed by atoms with van der Waals surface area (Å²) >= 11 is 0. The number of amides is 1. The Balaban J connectivity index is 3.39. The van der Waals surface area contributed by atoms with Crippen LogP contribution in [0, 0.1) is 0 Å². The van der Waals surface area contributed by atoms with E-state index >= 15 is 0 Å². The molecule has 2 atom stereocenters. The molecule has 0 aromatic carbocycles. The van der Waals surface area contributed by atoms with Crippen LogP contribution in [0.3, 0.4) is 0 Å². The Morgan fingerprint density at radius 2 is 0.641 bits per heavy atom. The van der Waals surface area contributed by atoms with E-state index in [0.29, 0.717) is 25.9 Å². The van der Waals surface area contributed by atoms with Crippen molar-refractivity contribution < 1.29 is 24.5 Å². The lowest BCUT2D eigenvalue weighted by Crippen LogP contribution is -2.45. The SMILES string of the molecule is CCCCCC/C=C\C/C=C\CCCCCCCC(=O)OCCCCCCCCCCCCCCCCCCCCCCC(=O)NC(CO)C(O)CCCCCCCCCCCCCCCCCCCCCCCCCCC. The standard InChI is InChI=1S/C72H139NO5/c1-3-5-7-9-11-13-15-17-19-21-22-23-24-25-26-27-30-33-36-40-44-48-52-56-60-64-70(75)69(68-74)73-71(76)65-61-57-53-49-45-41-37-34-31-28-29-32-35-39-43-47-51-55-59-63-67-78-72(77)66-62-58-54-50-46-42-38-20-18-16-14-12-10-8-6-4-2/h14,16,20,38,69-70,74-75H,3-13,15,17-19,21-37,39-68H2,1-2H3,(H,73,76)/b16-14-,38-20-. The van der Waals surface area contributed by atoms with Gasteiger partial charge in [-0.3, -0.25) is 9.59 Å². The normalized spacial score (nSPS) is 12.6. The van der Waals surface area contributed by atoms with Crippen molar-refractivity contribution in [2.45, 2.75) is 411 Å². The third-order valence-corrected chi connectivity index (χ3v) is 16.8. The van der Waals surface area contributed by atoms with Crippen molar-refractivity contribution in [3.63, 3.8) is 0 Å². The first kappa shape index (κ1) is 76.3. The first-order valence-electron chi connectivity index (χ1n) is 35.6. The minimum atomic E-state index is -0.668. The number of unbranched alkanes of at least 4 members (excludes halogenated alkanes) is 52. The van der Waals surface area contributed by atoms with E-state index in [1.54, 1.807) is 0 Å².